The number of para-hydroxylation sites is 2. The van der Waals surface area contributed by atoms with Crippen molar-refractivity contribution < 1.29 is 14.3 Å². The first-order chi connectivity index (χ1) is 15.7. The third-order valence-electron chi connectivity index (χ3n) is 5.91. The number of hydrogen-bond acceptors (Lipinski definition) is 5. The third kappa shape index (κ3) is 4.08. The Morgan fingerprint density at radius 3 is 2.75 bits per heavy atom. The van der Waals surface area contributed by atoms with Gasteiger partial charge in [-0.3, -0.25) is 9.59 Å². The Bertz CT molecular complexity index is 1140. The van der Waals surface area contributed by atoms with Crippen molar-refractivity contribution in [2.45, 2.75) is 38.6 Å². The molecule has 0 spiro atoms. The van der Waals surface area contributed by atoms with Crippen LogP contribution in [0.4, 0.5) is 11.4 Å². The molecule has 164 valence electrons. The third-order valence-corrected chi connectivity index (χ3v) is 5.91. The summed E-state index contributed by atoms with van der Waals surface area (Å²) in [6.45, 7) is 1.24. The molecule has 0 atom stereocenters. The number of carbonyl (C=O) groups is 2. The second kappa shape index (κ2) is 8.82. The summed E-state index contributed by atoms with van der Waals surface area (Å²) in [6.07, 6.45) is 4.68. The van der Waals surface area contributed by atoms with Crippen LogP contribution in [0, 0.1) is 0 Å². The first-order valence-electron chi connectivity index (χ1n) is 11.0. The molecule has 0 aliphatic carbocycles. The van der Waals surface area contributed by atoms with Gasteiger partial charge in [-0.15, -0.1) is 10.2 Å². The lowest BCUT2D eigenvalue weighted by molar-refractivity contribution is -0.121. The summed E-state index contributed by atoms with van der Waals surface area (Å²) >= 11 is 0. The molecule has 8 heteroatoms. The molecule has 2 aliphatic heterocycles. The Morgan fingerprint density at radius 1 is 1.03 bits per heavy atom. The molecule has 3 heterocycles. The summed E-state index contributed by atoms with van der Waals surface area (Å²) in [5.74, 6) is 2.30. The first-order valence-corrected chi connectivity index (χ1v) is 11.0. The highest BCUT2D eigenvalue weighted by Crippen LogP contribution is 2.31. The molecule has 2 aromatic carbocycles. The van der Waals surface area contributed by atoms with Crippen molar-refractivity contribution in [3.05, 3.63) is 54.4 Å². The summed E-state index contributed by atoms with van der Waals surface area (Å²) in [6, 6.07) is 15.0. The van der Waals surface area contributed by atoms with Gasteiger partial charge in [0.25, 0.3) is 5.91 Å². The van der Waals surface area contributed by atoms with Crippen LogP contribution in [-0.4, -0.2) is 39.7 Å². The number of nitrogens with one attached hydrogen (secondary N) is 1. The zero-order chi connectivity index (χ0) is 21.9. The van der Waals surface area contributed by atoms with E-state index in [4.69, 9.17) is 4.74 Å². The van der Waals surface area contributed by atoms with E-state index in [0.717, 1.165) is 43.0 Å². The van der Waals surface area contributed by atoms with Crippen molar-refractivity contribution in [3.63, 3.8) is 0 Å². The van der Waals surface area contributed by atoms with E-state index < -0.39 is 0 Å². The predicted octanol–water partition coefficient (Wildman–Crippen LogP) is 3.43. The molecule has 32 heavy (non-hydrogen) atoms. The Balaban J connectivity index is 1.22. The van der Waals surface area contributed by atoms with E-state index in [1.54, 1.807) is 4.90 Å². The summed E-state index contributed by atoms with van der Waals surface area (Å²) < 4.78 is 7.65. The van der Waals surface area contributed by atoms with E-state index in [2.05, 4.69) is 20.1 Å². The SMILES string of the molecule is O=C(CCN1C(=O)COc2ccccc21)Nc1ccc(-c2nnc3n2CCCCC3)cc1. The van der Waals surface area contributed by atoms with Crippen molar-refractivity contribution >= 4 is 23.2 Å². The molecule has 0 unspecified atom stereocenters. The number of rotatable bonds is 5. The second-order valence-corrected chi connectivity index (χ2v) is 8.08. The fourth-order valence-corrected chi connectivity index (χ4v) is 4.24. The number of anilines is 2. The molecule has 0 saturated carbocycles. The van der Waals surface area contributed by atoms with E-state index >= 15 is 0 Å². The number of carbonyl (C=O) groups excluding carboxylic acids is 2. The quantitative estimate of drug-likeness (QED) is 0.669. The lowest BCUT2D eigenvalue weighted by Gasteiger charge is -2.29. The van der Waals surface area contributed by atoms with Crippen LogP contribution < -0.4 is 15.0 Å². The smallest absolute Gasteiger partial charge is 0.265 e. The van der Waals surface area contributed by atoms with Gasteiger partial charge in [0.1, 0.15) is 11.6 Å². The van der Waals surface area contributed by atoms with Gasteiger partial charge >= 0.3 is 0 Å². The topological polar surface area (TPSA) is 89.3 Å². The Kier molecular flexibility index (Phi) is 5.58. The average Bonchev–Trinajstić information content (AvgIpc) is 3.07. The van der Waals surface area contributed by atoms with Crippen molar-refractivity contribution in [3.8, 4) is 17.1 Å². The minimum absolute atomic E-state index is 0.00751. The average molecular weight is 431 g/mol. The standard InChI is InChI=1S/C24H25N5O3/c30-22(13-15-28-19-6-3-4-7-20(19)32-16-23(28)31)25-18-11-9-17(10-12-18)24-27-26-21-8-2-1-5-14-29(21)24/h3-4,6-7,9-12H,1-2,5,8,13-16H2,(H,25,30). The van der Waals surface area contributed by atoms with Gasteiger partial charge < -0.3 is 19.5 Å². The van der Waals surface area contributed by atoms with Crippen LogP contribution in [0.1, 0.15) is 31.5 Å². The van der Waals surface area contributed by atoms with Crippen molar-refractivity contribution in [2.75, 3.05) is 23.4 Å². The highest BCUT2D eigenvalue weighted by Gasteiger charge is 2.25. The zero-order valence-corrected chi connectivity index (χ0v) is 17.8. The van der Waals surface area contributed by atoms with Gasteiger partial charge in [-0.2, -0.15) is 0 Å². The van der Waals surface area contributed by atoms with Gasteiger partial charge in [0.15, 0.2) is 12.4 Å². The molecule has 5 rings (SSSR count). The first kappa shape index (κ1) is 20.2. The number of aromatic nitrogens is 3. The molecule has 1 aromatic heterocycles. The normalized spacial score (nSPS) is 15.4. The summed E-state index contributed by atoms with van der Waals surface area (Å²) in [5.41, 5.74) is 2.40. The summed E-state index contributed by atoms with van der Waals surface area (Å²) in [5, 5.41) is 11.7. The lowest BCUT2D eigenvalue weighted by Crippen LogP contribution is -2.40. The van der Waals surface area contributed by atoms with E-state index in [1.165, 1.54) is 6.42 Å². The van der Waals surface area contributed by atoms with Crippen LogP contribution in [0.15, 0.2) is 48.5 Å². The highest BCUT2D eigenvalue weighted by atomic mass is 16.5. The van der Waals surface area contributed by atoms with Gasteiger partial charge in [0, 0.05) is 37.2 Å². The fourth-order valence-electron chi connectivity index (χ4n) is 4.24. The number of nitrogens with zero attached hydrogens (tertiary/aromatic N) is 4. The number of aryl methyl sites for hydroxylation is 1. The van der Waals surface area contributed by atoms with Gasteiger partial charge in [-0.25, -0.2) is 0 Å². The number of amides is 2. The Morgan fingerprint density at radius 2 is 1.88 bits per heavy atom. The second-order valence-electron chi connectivity index (χ2n) is 8.08. The number of ether oxygens (including phenoxy) is 1. The molecular formula is C24H25N5O3. The molecule has 1 N–H and O–H groups in total. The predicted molar refractivity (Wildman–Crippen MR) is 121 cm³/mol. The van der Waals surface area contributed by atoms with Crippen molar-refractivity contribution in [1.29, 1.82) is 0 Å². The molecule has 0 saturated heterocycles. The highest BCUT2D eigenvalue weighted by molar-refractivity contribution is 5.99. The van der Waals surface area contributed by atoms with Crippen LogP contribution >= 0.6 is 0 Å². The maximum absolute atomic E-state index is 12.5. The van der Waals surface area contributed by atoms with Gasteiger partial charge in [0.05, 0.1) is 5.69 Å². The minimum atomic E-state index is -0.147. The monoisotopic (exact) mass is 431 g/mol. The molecule has 3 aromatic rings. The molecule has 2 aliphatic rings. The number of fused-ring (bicyclic) bond motifs is 2. The van der Waals surface area contributed by atoms with Crippen LogP contribution in [0.3, 0.4) is 0 Å². The van der Waals surface area contributed by atoms with Crippen molar-refractivity contribution in [1.82, 2.24) is 14.8 Å². The van der Waals surface area contributed by atoms with E-state index in [1.807, 2.05) is 48.5 Å². The summed E-state index contributed by atoms with van der Waals surface area (Å²) in [4.78, 5) is 26.4. The molecule has 0 radical (unpaired) electrons. The number of benzene rings is 2. The molecular weight excluding hydrogens is 406 g/mol. The lowest BCUT2D eigenvalue weighted by atomic mass is 10.2. The van der Waals surface area contributed by atoms with E-state index in [9.17, 15) is 9.59 Å². The Hall–Kier alpha value is -3.68. The van der Waals surface area contributed by atoms with Crippen LogP contribution in [0.2, 0.25) is 0 Å². The fraction of sp³-hybridized carbons (Fsp3) is 0.333. The Labute approximate surface area is 186 Å². The van der Waals surface area contributed by atoms with E-state index in [-0.39, 0.29) is 24.8 Å². The van der Waals surface area contributed by atoms with Crippen molar-refractivity contribution in [2.24, 2.45) is 0 Å². The molecule has 2 amide bonds. The minimum Gasteiger partial charge on any atom is -0.482 e. The van der Waals surface area contributed by atoms with Crippen LogP contribution in [0.25, 0.3) is 11.4 Å². The zero-order valence-electron chi connectivity index (χ0n) is 17.8. The number of hydrogen-bond donors (Lipinski definition) is 1. The van der Waals surface area contributed by atoms with Gasteiger partial charge in [-0.05, 0) is 49.2 Å². The van der Waals surface area contributed by atoms with Gasteiger partial charge in [0.2, 0.25) is 5.91 Å². The van der Waals surface area contributed by atoms with Gasteiger partial charge in [-0.1, -0.05) is 18.6 Å². The maximum Gasteiger partial charge on any atom is 0.265 e. The summed E-state index contributed by atoms with van der Waals surface area (Å²) in [7, 11) is 0. The maximum atomic E-state index is 12.5. The van der Waals surface area contributed by atoms with E-state index in [0.29, 0.717) is 23.7 Å². The van der Waals surface area contributed by atoms with Crippen LogP contribution in [-0.2, 0) is 22.6 Å². The van der Waals surface area contributed by atoms with Crippen LogP contribution in [0.5, 0.6) is 5.75 Å². The molecule has 8 nitrogen and oxygen atoms in total. The molecule has 0 bridgehead atoms. The molecule has 0 fully saturated rings. The largest absolute Gasteiger partial charge is 0.482 e.